The molecule has 0 radical (unpaired) electrons. The Morgan fingerprint density at radius 2 is 1.68 bits per heavy atom. The minimum atomic E-state index is -4.40. The van der Waals surface area contributed by atoms with Gasteiger partial charge in [-0.2, -0.15) is 17.5 Å². The highest BCUT2D eigenvalue weighted by molar-refractivity contribution is 7.89. The van der Waals surface area contributed by atoms with Crippen molar-refractivity contribution >= 4 is 15.9 Å². The molecule has 4 rings (SSSR count). The molecule has 11 heteroatoms. The maximum absolute atomic E-state index is 13.3. The van der Waals surface area contributed by atoms with Crippen LogP contribution in [0.3, 0.4) is 0 Å². The van der Waals surface area contributed by atoms with E-state index < -0.39 is 39.5 Å². The van der Waals surface area contributed by atoms with E-state index in [2.05, 4.69) is 5.32 Å². The zero-order valence-corrected chi connectivity index (χ0v) is 21.1. The second-order valence-electron chi connectivity index (χ2n) is 8.93. The number of carbonyl (C=O) groups excluding carboxylic acids is 1. The van der Waals surface area contributed by atoms with Gasteiger partial charge in [0.1, 0.15) is 24.2 Å². The monoisotopic (exact) mass is 550 g/mol. The summed E-state index contributed by atoms with van der Waals surface area (Å²) in [6.45, 7) is 0.370. The molecular weight excluding hydrogens is 524 g/mol. The van der Waals surface area contributed by atoms with Gasteiger partial charge in [-0.05, 0) is 72.5 Å². The van der Waals surface area contributed by atoms with Gasteiger partial charge in [0.25, 0.3) is 0 Å². The Morgan fingerprint density at radius 1 is 0.974 bits per heavy atom. The van der Waals surface area contributed by atoms with Crippen LogP contribution in [-0.4, -0.2) is 31.2 Å². The van der Waals surface area contributed by atoms with Crippen LogP contribution in [0.5, 0.6) is 5.75 Å². The van der Waals surface area contributed by atoms with Crippen LogP contribution in [0.2, 0.25) is 0 Å². The third-order valence-electron chi connectivity index (χ3n) is 6.23. The molecule has 38 heavy (non-hydrogen) atoms. The lowest BCUT2D eigenvalue weighted by molar-refractivity contribution is -0.137. The summed E-state index contributed by atoms with van der Waals surface area (Å²) in [4.78, 5) is 12.9. The molecule has 0 aromatic heterocycles. The molecule has 1 amide bonds. The first-order valence-corrected chi connectivity index (χ1v) is 13.4. The van der Waals surface area contributed by atoms with Crippen molar-refractivity contribution in [2.75, 3.05) is 6.54 Å². The fraction of sp³-hybridized carbons (Fsp3) is 0.296. The molecule has 0 saturated carbocycles. The van der Waals surface area contributed by atoms with Crippen LogP contribution in [0.15, 0.2) is 77.7 Å². The third kappa shape index (κ3) is 6.70. The number of sulfonamides is 1. The molecule has 0 aliphatic carbocycles. The summed E-state index contributed by atoms with van der Waals surface area (Å²) in [5.41, 5.74) is 0.532. The highest BCUT2D eigenvalue weighted by Crippen LogP contribution is 2.29. The van der Waals surface area contributed by atoms with Crippen LogP contribution in [0.1, 0.15) is 36.0 Å². The van der Waals surface area contributed by atoms with E-state index >= 15 is 0 Å². The maximum Gasteiger partial charge on any atom is 0.416 e. The van der Waals surface area contributed by atoms with Gasteiger partial charge in [0.2, 0.25) is 15.9 Å². The molecule has 1 heterocycles. The van der Waals surface area contributed by atoms with E-state index in [0.29, 0.717) is 36.1 Å². The molecule has 202 valence electrons. The van der Waals surface area contributed by atoms with Gasteiger partial charge in [0.15, 0.2) is 0 Å². The normalized spacial score (nSPS) is 16.7. The van der Waals surface area contributed by atoms with Crippen LogP contribution < -0.4 is 10.1 Å². The Bertz CT molecular complexity index is 1360. The van der Waals surface area contributed by atoms with E-state index in [1.54, 1.807) is 24.3 Å². The van der Waals surface area contributed by atoms with Crippen LogP contribution in [-0.2, 0) is 34.1 Å². The predicted molar refractivity (Wildman–Crippen MR) is 132 cm³/mol. The Balaban J connectivity index is 1.37. The summed E-state index contributed by atoms with van der Waals surface area (Å²) in [6, 6.07) is 15.2. The smallest absolute Gasteiger partial charge is 0.416 e. The first kappa shape index (κ1) is 27.6. The summed E-state index contributed by atoms with van der Waals surface area (Å²) in [5, 5.41) is 2.79. The molecule has 0 unspecified atom stereocenters. The van der Waals surface area contributed by atoms with Gasteiger partial charge in [-0.25, -0.2) is 12.8 Å². The van der Waals surface area contributed by atoms with E-state index in [1.807, 2.05) is 0 Å². The van der Waals surface area contributed by atoms with Gasteiger partial charge in [-0.3, -0.25) is 4.79 Å². The second-order valence-corrected chi connectivity index (χ2v) is 10.8. The van der Waals surface area contributed by atoms with Gasteiger partial charge in [0.05, 0.1) is 10.5 Å². The molecule has 6 nitrogen and oxygen atoms in total. The summed E-state index contributed by atoms with van der Waals surface area (Å²) < 4.78 is 84.6. The third-order valence-corrected chi connectivity index (χ3v) is 8.15. The highest BCUT2D eigenvalue weighted by atomic mass is 32.2. The number of carbonyl (C=O) groups is 1. The average Bonchev–Trinajstić information content (AvgIpc) is 2.91. The van der Waals surface area contributed by atoms with Crippen molar-refractivity contribution in [3.8, 4) is 5.75 Å². The zero-order chi connectivity index (χ0) is 27.3. The van der Waals surface area contributed by atoms with E-state index in [4.69, 9.17) is 4.74 Å². The fourth-order valence-corrected chi connectivity index (χ4v) is 5.86. The Kier molecular flexibility index (Phi) is 8.37. The molecule has 1 fully saturated rings. The standard InChI is InChI=1S/C27H26F4N2O4S/c28-22-11-13-24(14-12-22)38(35,36)33-15-2-1-6-25(33)26(34)32-17-20-4-3-5-23(16-20)37-18-19-7-9-21(10-8-19)27(29,30)31/h3-5,7-14,16,25H,1-2,6,15,17-18H2,(H,32,34)/t25-/m0/s1. The molecular formula is C27H26F4N2O4S. The van der Waals surface area contributed by atoms with E-state index in [-0.39, 0.29) is 24.6 Å². The molecule has 1 saturated heterocycles. The molecule has 1 aliphatic heterocycles. The zero-order valence-electron chi connectivity index (χ0n) is 20.2. The maximum atomic E-state index is 13.3. The van der Waals surface area contributed by atoms with E-state index in [9.17, 15) is 30.8 Å². The quantitative estimate of drug-likeness (QED) is 0.387. The number of alkyl halides is 3. The Morgan fingerprint density at radius 3 is 2.37 bits per heavy atom. The number of ether oxygens (including phenoxy) is 1. The van der Waals surface area contributed by atoms with Gasteiger partial charge in [-0.1, -0.05) is 30.7 Å². The van der Waals surface area contributed by atoms with E-state index in [0.717, 1.165) is 24.3 Å². The van der Waals surface area contributed by atoms with Gasteiger partial charge >= 0.3 is 6.18 Å². The molecule has 3 aromatic rings. The lowest BCUT2D eigenvalue weighted by Gasteiger charge is -2.33. The molecule has 1 atom stereocenters. The highest BCUT2D eigenvalue weighted by Gasteiger charge is 2.37. The number of piperidine rings is 1. The number of amides is 1. The van der Waals surface area contributed by atoms with Crippen LogP contribution in [0.4, 0.5) is 17.6 Å². The van der Waals surface area contributed by atoms with Crippen LogP contribution in [0.25, 0.3) is 0 Å². The van der Waals surface area contributed by atoms with Crippen molar-refractivity contribution < 1.29 is 35.5 Å². The molecule has 0 spiro atoms. The number of hydrogen-bond donors (Lipinski definition) is 1. The van der Waals surface area contributed by atoms with Gasteiger partial charge in [0, 0.05) is 13.1 Å². The van der Waals surface area contributed by atoms with Crippen LogP contribution in [0, 0.1) is 5.82 Å². The fourth-order valence-electron chi connectivity index (χ4n) is 4.21. The second kappa shape index (κ2) is 11.5. The topological polar surface area (TPSA) is 75.7 Å². The average molecular weight is 551 g/mol. The minimum Gasteiger partial charge on any atom is -0.489 e. The van der Waals surface area contributed by atoms with Gasteiger partial charge < -0.3 is 10.1 Å². The number of hydrogen-bond acceptors (Lipinski definition) is 4. The number of benzene rings is 3. The Hall–Kier alpha value is -3.44. The molecule has 1 aliphatic rings. The molecule has 0 bridgehead atoms. The SMILES string of the molecule is O=C(NCc1cccc(OCc2ccc(C(F)(F)F)cc2)c1)[C@@H]1CCCCN1S(=O)(=O)c1ccc(F)cc1. The van der Waals surface area contributed by atoms with E-state index in [1.165, 1.54) is 28.6 Å². The number of nitrogens with zero attached hydrogens (tertiary/aromatic N) is 1. The lowest BCUT2D eigenvalue weighted by atomic mass is 10.0. The summed E-state index contributed by atoms with van der Waals surface area (Å²) >= 11 is 0. The van der Waals surface area contributed by atoms with Crippen molar-refractivity contribution in [3.63, 3.8) is 0 Å². The van der Waals surface area contributed by atoms with Gasteiger partial charge in [-0.15, -0.1) is 0 Å². The van der Waals surface area contributed by atoms with Crippen molar-refractivity contribution in [1.29, 1.82) is 0 Å². The summed E-state index contributed by atoms with van der Waals surface area (Å²) in [5.74, 6) is -0.524. The minimum absolute atomic E-state index is 0.0617. The first-order valence-electron chi connectivity index (χ1n) is 12.0. The largest absolute Gasteiger partial charge is 0.489 e. The molecule has 1 N–H and O–H groups in total. The van der Waals surface area contributed by atoms with Crippen molar-refractivity contribution in [2.24, 2.45) is 0 Å². The first-order chi connectivity index (χ1) is 18.0. The number of rotatable bonds is 8. The van der Waals surface area contributed by atoms with Crippen LogP contribution >= 0.6 is 0 Å². The number of halogens is 4. The van der Waals surface area contributed by atoms with Crippen molar-refractivity contribution in [1.82, 2.24) is 9.62 Å². The lowest BCUT2D eigenvalue weighted by Crippen LogP contribution is -2.51. The predicted octanol–water partition coefficient (Wildman–Crippen LogP) is 5.28. The van der Waals surface area contributed by atoms with Crippen molar-refractivity contribution in [3.05, 3.63) is 95.3 Å². The summed E-state index contributed by atoms with van der Waals surface area (Å²) in [6.07, 6.45) is -2.73. The Labute approximate surface area is 218 Å². The summed E-state index contributed by atoms with van der Waals surface area (Å²) in [7, 11) is -3.98. The van der Waals surface area contributed by atoms with Crippen molar-refractivity contribution in [2.45, 2.75) is 49.5 Å². The molecule has 3 aromatic carbocycles. The number of nitrogens with one attached hydrogen (secondary N) is 1.